The number of carboxylic acid groups (broad SMARTS) is 2. The van der Waals surface area contributed by atoms with E-state index in [1.807, 2.05) is 0 Å². The third-order valence-electron chi connectivity index (χ3n) is 2.41. The van der Waals surface area contributed by atoms with Crippen LogP contribution in [0.2, 0.25) is 0 Å². The first kappa shape index (κ1) is 16.3. The van der Waals surface area contributed by atoms with Crippen LogP contribution < -0.4 is 5.32 Å². The summed E-state index contributed by atoms with van der Waals surface area (Å²) in [6, 6.07) is -1.24. The van der Waals surface area contributed by atoms with Gasteiger partial charge in [-0.2, -0.15) is 0 Å². The minimum atomic E-state index is -1.29. The lowest BCUT2D eigenvalue weighted by Crippen LogP contribution is -2.41. The molecule has 1 unspecified atom stereocenters. The second-order valence-corrected chi connectivity index (χ2v) is 3.93. The zero-order valence-corrected chi connectivity index (χ0v) is 10.2. The second-order valence-electron chi connectivity index (χ2n) is 3.93. The average molecular weight is 263 g/mol. The maximum absolute atomic E-state index is 12.9. The predicted molar refractivity (Wildman–Crippen MR) is 60.9 cm³/mol. The van der Waals surface area contributed by atoms with E-state index in [1.54, 1.807) is 6.92 Å². The van der Waals surface area contributed by atoms with Crippen LogP contribution in [-0.2, 0) is 14.4 Å². The molecule has 7 heteroatoms. The minimum Gasteiger partial charge on any atom is -0.481 e. The van der Waals surface area contributed by atoms with Gasteiger partial charge in [0.05, 0.1) is 0 Å². The van der Waals surface area contributed by atoms with E-state index >= 15 is 0 Å². The maximum atomic E-state index is 12.9. The zero-order chi connectivity index (χ0) is 14.1. The molecule has 1 amide bonds. The van der Waals surface area contributed by atoms with Crippen molar-refractivity contribution >= 4 is 17.8 Å². The van der Waals surface area contributed by atoms with E-state index in [4.69, 9.17) is 10.2 Å². The van der Waals surface area contributed by atoms with Crippen LogP contribution in [0.4, 0.5) is 4.39 Å². The van der Waals surface area contributed by atoms with Crippen LogP contribution in [0.25, 0.3) is 0 Å². The van der Waals surface area contributed by atoms with Gasteiger partial charge in [0.2, 0.25) is 5.91 Å². The van der Waals surface area contributed by atoms with E-state index in [9.17, 15) is 18.8 Å². The molecule has 0 aromatic carbocycles. The van der Waals surface area contributed by atoms with E-state index in [1.165, 1.54) is 0 Å². The lowest BCUT2D eigenvalue weighted by Gasteiger charge is -2.13. The third-order valence-corrected chi connectivity index (χ3v) is 2.41. The Labute approximate surface area is 104 Å². The Kier molecular flexibility index (Phi) is 7.66. The quantitative estimate of drug-likeness (QED) is 0.574. The van der Waals surface area contributed by atoms with Gasteiger partial charge < -0.3 is 15.5 Å². The molecule has 0 heterocycles. The number of carboxylic acids is 2. The van der Waals surface area contributed by atoms with Crippen LogP contribution in [0, 0.1) is 0 Å². The summed E-state index contributed by atoms with van der Waals surface area (Å²) in [6.45, 7) is 1.65. The van der Waals surface area contributed by atoms with Crippen LogP contribution in [0.3, 0.4) is 0 Å². The van der Waals surface area contributed by atoms with Crippen molar-refractivity contribution in [3.8, 4) is 0 Å². The summed E-state index contributed by atoms with van der Waals surface area (Å²) in [6.07, 6.45) is -1.40. The summed E-state index contributed by atoms with van der Waals surface area (Å²) in [4.78, 5) is 32.4. The molecule has 0 aliphatic rings. The van der Waals surface area contributed by atoms with Crippen molar-refractivity contribution < 1.29 is 29.0 Å². The minimum absolute atomic E-state index is 0.0353. The first-order valence-corrected chi connectivity index (χ1v) is 5.74. The fourth-order valence-corrected chi connectivity index (χ4v) is 1.28. The van der Waals surface area contributed by atoms with Crippen molar-refractivity contribution in [2.24, 2.45) is 0 Å². The van der Waals surface area contributed by atoms with E-state index in [0.717, 1.165) is 0 Å². The molecular formula is C11H18FNO5. The Morgan fingerprint density at radius 1 is 1.17 bits per heavy atom. The largest absolute Gasteiger partial charge is 0.481 e. The van der Waals surface area contributed by atoms with Crippen molar-refractivity contribution in [2.45, 2.75) is 51.2 Å². The summed E-state index contributed by atoms with van der Waals surface area (Å²) in [5.74, 6) is -3.01. The third kappa shape index (κ3) is 7.59. The van der Waals surface area contributed by atoms with Crippen molar-refractivity contribution in [3.05, 3.63) is 0 Å². The number of nitrogens with one attached hydrogen (secondary N) is 1. The molecule has 0 spiro atoms. The van der Waals surface area contributed by atoms with E-state index in [-0.39, 0.29) is 25.7 Å². The normalized spacial score (nSPS) is 13.7. The fraction of sp³-hybridized carbons (Fsp3) is 0.727. The van der Waals surface area contributed by atoms with Crippen LogP contribution in [-0.4, -0.2) is 40.3 Å². The number of aliphatic carboxylic acids is 2. The van der Waals surface area contributed by atoms with Gasteiger partial charge in [-0.25, -0.2) is 9.18 Å². The highest BCUT2D eigenvalue weighted by Crippen LogP contribution is 2.06. The lowest BCUT2D eigenvalue weighted by molar-refractivity contribution is -0.143. The van der Waals surface area contributed by atoms with E-state index in [2.05, 4.69) is 5.32 Å². The molecule has 0 aromatic rings. The average Bonchev–Trinajstić information content (AvgIpc) is 2.30. The van der Waals surface area contributed by atoms with Gasteiger partial charge in [0, 0.05) is 12.8 Å². The van der Waals surface area contributed by atoms with Gasteiger partial charge in [0.25, 0.3) is 0 Å². The number of amides is 1. The van der Waals surface area contributed by atoms with Crippen molar-refractivity contribution in [2.75, 3.05) is 0 Å². The number of hydrogen-bond acceptors (Lipinski definition) is 3. The second kappa shape index (κ2) is 8.43. The summed E-state index contributed by atoms with van der Waals surface area (Å²) >= 11 is 0. The SMILES string of the molecule is CCC(F)CCC(=O)N[C@@H](CCC(=O)O)C(=O)O. The fourth-order valence-electron chi connectivity index (χ4n) is 1.28. The molecule has 0 aromatic heterocycles. The molecule has 0 saturated carbocycles. The molecule has 6 nitrogen and oxygen atoms in total. The molecule has 0 rings (SSSR count). The van der Waals surface area contributed by atoms with E-state index < -0.39 is 30.1 Å². The summed E-state index contributed by atoms with van der Waals surface area (Å²) in [5.41, 5.74) is 0. The maximum Gasteiger partial charge on any atom is 0.326 e. The molecule has 18 heavy (non-hydrogen) atoms. The Hall–Kier alpha value is -1.66. The zero-order valence-electron chi connectivity index (χ0n) is 10.2. The van der Waals surface area contributed by atoms with Crippen molar-refractivity contribution in [1.82, 2.24) is 5.32 Å². The molecule has 0 radical (unpaired) electrons. The molecule has 0 aliphatic heterocycles. The highest BCUT2D eigenvalue weighted by Gasteiger charge is 2.21. The summed E-state index contributed by atoms with van der Waals surface area (Å²) in [5, 5.41) is 19.4. The standard InChI is InChI=1S/C11H18FNO5/c1-2-7(12)3-5-9(14)13-8(11(17)18)4-6-10(15)16/h7-8H,2-6H2,1H3,(H,13,14)(H,15,16)(H,17,18)/t7?,8-/m0/s1. The predicted octanol–water partition coefficient (Wildman–Crippen LogP) is 0.949. The van der Waals surface area contributed by atoms with Gasteiger partial charge in [0.15, 0.2) is 0 Å². The van der Waals surface area contributed by atoms with Crippen molar-refractivity contribution in [1.29, 1.82) is 0 Å². The van der Waals surface area contributed by atoms with Gasteiger partial charge in [-0.15, -0.1) is 0 Å². The molecular weight excluding hydrogens is 245 g/mol. The molecule has 2 atom stereocenters. The summed E-state index contributed by atoms with van der Waals surface area (Å²) < 4.78 is 12.9. The number of rotatable bonds is 9. The Morgan fingerprint density at radius 3 is 2.22 bits per heavy atom. The van der Waals surface area contributed by atoms with Crippen LogP contribution in [0.15, 0.2) is 0 Å². The van der Waals surface area contributed by atoms with Gasteiger partial charge >= 0.3 is 11.9 Å². The molecule has 0 fully saturated rings. The highest BCUT2D eigenvalue weighted by molar-refractivity contribution is 5.83. The first-order valence-electron chi connectivity index (χ1n) is 5.74. The molecule has 104 valence electrons. The highest BCUT2D eigenvalue weighted by atomic mass is 19.1. The summed E-state index contributed by atoms with van der Waals surface area (Å²) in [7, 11) is 0. The van der Waals surface area contributed by atoms with Crippen LogP contribution in [0.5, 0.6) is 0 Å². The van der Waals surface area contributed by atoms with Gasteiger partial charge in [0.1, 0.15) is 12.2 Å². The molecule has 0 aliphatic carbocycles. The Morgan fingerprint density at radius 2 is 1.78 bits per heavy atom. The van der Waals surface area contributed by atoms with Crippen molar-refractivity contribution in [3.63, 3.8) is 0 Å². The number of carbonyl (C=O) groups excluding carboxylic acids is 1. The monoisotopic (exact) mass is 263 g/mol. The topological polar surface area (TPSA) is 104 Å². The Balaban J connectivity index is 4.11. The first-order chi connectivity index (χ1) is 8.36. The Bertz CT molecular complexity index is 308. The molecule has 0 saturated heterocycles. The number of halogens is 1. The number of alkyl halides is 1. The van der Waals surface area contributed by atoms with Gasteiger partial charge in [-0.3, -0.25) is 9.59 Å². The molecule has 0 bridgehead atoms. The van der Waals surface area contributed by atoms with Crippen LogP contribution in [0.1, 0.15) is 39.0 Å². The number of carbonyl (C=O) groups is 3. The lowest BCUT2D eigenvalue weighted by atomic mass is 10.1. The van der Waals surface area contributed by atoms with E-state index in [0.29, 0.717) is 6.42 Å². The van der Waals surface area contributed by atoms with Crippen LogP contribution >= 0.6 is 0 Å². The van der Waals surface area contributed by atoms with Gasteiger partial charge in [-0.1, -0.05) is 6.92 Å². The smallest absolute Gasteiger partial charge is 0.326 e. The number of hydrogen-bond donors (Lipinski definition) is 3. The van der Waals surface area contributed by atoms with Gasteiger partial charge in [-0.05, 0) is 19.3 Å². The molecule has 3 N–H and O–H groups in total.